The third-order valence-corrected chi connectivity index (χ3v) is 5.72. The lowest BCUT2D eigenvalue weighted by Gasteiger charge is -2.13. The van der Waals surface area contributed by atoms with Gasteiger partial charge < -0.3 is 0 Å². The van der Waals surface area contributed by atoms with Crippen molar-refractivity contribution in [2.24, 2.45) is 13.0 Å². The first-order valence-corrected chi connectivity index (χ1v) is 10.4. The summed E-state index contributed by atoms with van der Waals surface area (Å²) >= 11 is 0. The number of aryl methyl sites for hydroxylation is 2. The van der Waals surface area contributed by atoms with Gasteiger partial charge in [0.1, 0.15) is 16.7 Å². The van der Waals surface area contributed by atoms with E-state index in [2.05, 4.69) is 85.5 Å². The summed E-state index contributed by atoms with van der Waals surface area (Å²) in [6, 6.07) is 18.9. The Morgan fingerprint density at radius 2 is 1.90 bits per heavy atom. The molecule has 0 saturated carbocycles. The highest BCUT2D eigenvalue weighted by Crippen LogP contribution is 2.31. The highest BCUT2D eigenvalue weighted by atomic mass is 15.1. The molecule has 0 aliphatic rings. The number of nitrogens with zero attached hydrogens (tertiary/aromatic N) is 2. The van der Waals surface area contributed by atoms with Crippen molar-refractivity contribution in [1.29, 1.82) is 0 Å². The summed E-state index contributed by atoms with van der Waals surface area (Å²) in [5, 5.41) is 2.19. The Kier molecular flexibility index (Phi) is 4.41. The fourth-order valence-electron chi connectivity index (χ4n) is 4.19. The van der Waals surface area contributed by atoms with Crippen LogP contribution in [0.15, 0.2) is 60.7 Å². The first-order chi connectivity index (χ1) is 14.7. The maximum absolute atomic E-state index is 8.66. The van der Waals surface area contributed by atoms with Gasteiger partial charge in [-0.15, -0.1) is 0 Å². The molecule has 0 aliphatic heterocycles. The molecule has 0 spiro atoms. The molecule has 0 unspecified atom stereocenters. The molecule has 2 heterocycles. The van der Waals surface area contributed by atoms with E-state index < -0.39 is 6.37 Å². The number of rotatable bonds is 4. The lowest BCUT2D eigenvalue weighted by atomic mass is 9.98. The van der Waals surface area contributed by atoms with E-state index in [4.69, 9.17) is 2.74 Å². The van der Waals surface area contributed by atoms with E-state index in [1.807, 2.05) is 26.0 Å². The van der Waals surface area contributed by atoms with Crippen LogP contribution >= 0.6 is 0 Å². The number of hydrogen-bond acceptors (Lipinski definition) is 0. The molecule has 0 saturated heterocycles. The minimum Gasteiger partial charge on any atom is -0.229 e. The summed E-state index contributed by atoms with van der Waals surface area (Å²) in [7, 11) is 2.07. The molecule has 2 aromatic carbocycles. The summed E-state index contributed by atoms with van der Waals surface area (Å²) in [6.45, 7) is 10.3. The van der Waals surface area contributed by atoms with Crippen molar-refractivity contribution in [2.75, 3.05) is 0 Å². The minimum atomic E-state index is -1.39. The largest absolute Gasteiger partial charge is 0.287 e. The van der Waals surface area contributed by atoms with Crippen LogP contribution in [0.2, 0.25) is 0 Å². The third-order valence-electron chi connectivity index (χ3n) is 5.72. The van der Waals surface area contributed by atoms with Gasteiger partial charge in [0.05, 0.1) is 7.05 Å². The van der Waals surface area contributed by atoms with Crippen molar-refractivity contribution >= 4 is 27.4 Å². The quantitative estimate of drug-likeness (QED) is 0.353. The summed E-state index contributed by atoms with van der Waals surface area (Å²) in [5.74, 6) is 0.957. The van der Waals surface area contributed by atoms with E-state index in [1.165, 1.54) is 27.7 Å². The lowest BCUT2D eigenvalue weighted by Crippen LogP contribution is -2.35. The molecule has 4 aromatic rings. The number of fused-ring (bicyclic) bond motifs is 2. The van der Waals surface area contributed by atoms with Gasteiger partial charge in [0.2, 0.25) is 0 Å². The second-order valence-electron chi connectivity index (χ2n) is 8.14. The standard InChI is InChI=1S/C27H31N2/c1-7-19(4)25-17-22-12-8-10-20(5)27(22)29(25)26-15-14-23-21(16-18(2)3)11-9-13-24(23)28(26)6/h7-15,17-18H,16H2,1-6H3/q+1/i16D2. The second kappa shape index (κ2) is 7.51. The molecule has 0 bridgehead atoms. The third kappa shape index (κ3) is 3.27. The van der Waals surface area contributed by atoms with Gasteiger partial charge in [-0.2, -0.15) is 4.57 Å². The van der Waals surface area contributed by atoms with Gasteiger partial charge in [-0.25, -0.2) is 4.57 Å². The van der Waals surface area contributed by atoms with Crippen LogP contribution in [0.1, 0.15) is 47.3 Å². The zero-order valence-corrected chi connectivity index (χ0v) is 18.2. The van der Waals surface area contributed by atoms with Crippen LogP contribution in [0.25, 0.3) is 33.2 Å². The summed E-state index contributed by atoms with van der Waals surface area (Å²) < 4.78 is 21.9. The van der Waals surface area contributed by atoms with Gasteiger partial charge in [0.25, 0.3) is 5.82 Å². The van der Waals surface area contributed by atoms with Gasteiger partial charge in [-0.3, -0.25) is 0 Å². The number of aromatic nitrogens is 2. The predicted molar refractivity (Wildman–Crippen MR) is 125 cm³/mol. The number of para-hydroxylation sites is 1. The fraction of sp³-hybridized carbons (Fsp3) is 0.296. The van der Waals surface area contributed by atoms with E-state index in [0.717, 1.165) is 22.3 Å². The fourth-order valence-corrected chi connectivity index (χ4v) is 4.19. The molecule has 0 atom stereocenters. The Morgan fingerprint density at radius 1 is 1.14 bits per heavy atom. The first kappa shape index (κ1) is 17.0. The molecule has 29 heavy (non-hydrogen) atoms. The number of allylic oxidation sites excluding steroid dienone is 2. The van der Waals surface area contributed by atoms with Crippen molar-refractivity contribution in [2.45, 2.75) is 41.0 Å². The smallest absolute Gasteiger partial charge is 0.229 e. The van der Waals surface area contributed by atoms with Crippen LogP contribution in [0.3, 0.4) is 0 Å². The Morgan fingerprint density at radius 3 is 2.62 bits per heavy atom. The van der Waals surface area contributed by atoms with E-state index in [-0.39, 0.29) is 5.92 Å². The highest BCUT2D eigenvalue weighted by Gasteiger charge is 2.23. The van der Waals surface area contributed by atoms with Crippen molar-refractivity contribution in [3.05, 3.63) is 77.5 Å². The van der Waals surface area contributed by atoms with Crippen molar-refractivity contribution < 1.29 is 7.31 Å². The van der Waals surface area contributed by atoms with Crippen LogP contribution < -0.4 is 4.57 Å². The molecular weight excluding hydrogens is 352 g/mol. The average molecular weight is 386 g/mol. The molecule has 0 fully saturated rings. The second-order valence-corrected chi connectivity index (χ2v) is 8.14. The van der Waals surface area contributed by atoms with Crippen LogP contribution in [0.4, 0.5) is 0 Å². The van der Waals surface area contributed by atoms with Crippen LogP contribution in [0, 0.1) is 12.8 Å². The number of hydrogen-bond donors (Lipinski definition) is 0. The van der Waals surface area contributed by atoms with Gasteiger partial charge in [0, 0.05) is 19.6 Å². The molecule has 0 amide bonds. The van der Waals surface area contributed by atoms with Crippen LogP contribution in [0.5, 0.6) is 0 Å². The monoisotopic (exact) mass is 385 g/mol. The predicted octanol–water partition coefficient (Wildman–Crippen LogP) is 6.54. The molecule has 148 valence electrons. The summed E-state index contributed by atoms with van der Waals surface area (Å²) in [6.07, 6.45) is 0.758. The van der Waals surface area contributed by atoms with Crippen LogP contribution in [-0.4, -0.2) is 4.57 Å². The maximum atomic E-state index is 8.66. The van der Waals surface area contributed by atoms with Gasteiger partial charge in [0.15, 0.2) is 0 Å². The molecule has 2 aromatic heterocycles. The SMILES string of the molecule is [2H]C([2H])(c1cccc2c1ccc(-n1c(C(C)=CC)cc3cccc(C)c31)[n+]2C)C(C)C. The van der Waals surface area contributed by atoms with Crippen molar-refractivity contribution in [1.82, 2.24) is 4.57 Å². The Labute approximate surface area is 176 Å². The van der Waals surface area contributed by atoms with Crippen molar-refractivity contribution in [3.63, 3.8) is 0 Å². The maximum Gasteiger partial charge on any atom is 0.287 e. The zero-order chi connectivity index (χ0) is 22.5. The molecular formula is C27H31N2+. The summed E-state index contributed by atoms with van der Waals surface area (Å²) in [5.41, 5.74) is 6.62. The Bertz CT molecular complexity index is 1330. The first-order valence-electron chi connectivity index (χ1n) is 11.4. The average Bonchev–Trinajstić information content (AvgIpc) is 3.13. The molecule has 2 nitrogen and oxygen atoms in total. The normalized spacial score (nSPS) is 14.0. The number of benzene rings is 2. The van der Waals surface area contributed by atoms with E-state index in [0.29, 0.717) is 0 Å². The molecule has 4 rings (SSSR count). The molecule has 0 aliphatic carbocycles. The zero-order valence-electron chi connectivity index (χ0n) is 20.2. The van der Waals surface area contributed by atoms with Crippen molar-refractivity contribution in [3.8, 4) is 5.82 Å². The minimum absolute atomic E-state index is 0.108. The van der Waals surface area contributed by atoms with Crippen LogP contribution in [-0.2, 0) is 13.4 Å². The topological polar surface area (TPSA) is 8.81 Å². The highest BCUT2D eigenvalue weighted by molar-refractivity contribution is 5.90. The van der Waals surface area contributed by atoms with Gasteiger partial charge in [-0.1, -0.05) is 50.3 Å². The molecule has 2 heteroatoms. The Hall–Kier alpha value is -2.87. The van der Waals surface area contributed by atoms with E-state index >= 15 is 0 Å². The lowest BCUT2D eigenvalue weighted by molar-refractivity contribution is -0.639. The molecule has 0 N–H and O–H groups in total. The van der Waals surface area contributed by atoms with Gasteiger partial charge in [-0.05, 0) is 68.0 Å². The van der Waals surface area contributed by atoms with Gasteiger partial charge >= 0.3 is 0 Å². The van der Waals surface area contributed by atoms with E-state index in [1.54, 1.807) is 0 Å². The van der Waals surface area contributed by atoms with E-state index in [9.17, 15) is 0 Å². The molecule has 0 radical (unpaired) electrons. The number of pyridine rings is 1. The summed E-state index contributed by atoms with van der Waals surface area (Å²) in [4.78, 5) is 0. The Balaban J connectivity index is 2.08.